The Kier molecular flexibility index (Phi) is 4.35. The van der Waals surface area contributed by atoms with E-state index in [1.54, 1.807) is 14.0 Å². The number of para-hydroxylation sites is 1. The van der Waals surface area contributed by atoms with Crippen LogP contribution >= 0.6 is 11.6 Å². The van der Waals surface area contributed by atoms with Gasteiger partial charge in [-0.05, 0) is 25.0 Å². The minimum absolute atomic E-state index is 0.0406. The van der Waals surface area contributed by atoms with E-state index in [1.165, 1.54) is 4.68 Å². The van der Waals surface area contributed by atoms with Gasteiger partial charge in [-0.2, -0.15) is 5.10 Å². The molecule has 1 aliphatic heterocycles. The van der Waals surface area contributed by atoms with Gasteiger partial charge in [0.2, 0.25) is 10.0 Å². The molecule has 8 heteroatoms. The first-order chi connectivity index (χ1) is 10.9. The number of benzene rings is 1. The van der Waals surface area contributed by atoms with Crippen LogP contribution in [-0.2, 0) is 23.5 Å². The normalized spacial score (nSPS) is 17.6. The van der Waals surface area contributed by atoms with Crippen LogP contribution in [0.4, 0.5) is 0 Å². The first-order valence-electron chi connectivity index (χ1n) is 7.28. The Hall–Kier alpha value is -1.57. The van der Waals surface area contributed by atoms with Crippen molar-refractivity contribution in [2.45, 2.75) is 18.2 Å². The van der Waals surface area contributed by atoms with Crippen LogP contribution in [0.3, 0.4) is 0 Å². The SMILES string of the molecule is Cc1nn(C)c(Cl)c1S(=O)(=O)NC[C@H]1COc2ccccc2C1. The van der Waals surface area contributed by atoms with Crippen LogP contribution < -0.4 is 9.46 Å². The zero-order valence-electron chi connectivity index (χ0n) is 12.9. The molecule has 3 rings (SSSR count). The molecule has 0 unspecified atom stereocenters. The second-order valence-corrected chi connectivity index (χ2v) is 7.73. The van der Waals surface area contributed by atoms with Crippen molar-refractivity contribution in [3.05, 3.63) is 40.7 Å². The Morgan fingerprint density at radius 2 is 2.17 bits per heavy atom. The quantitative estimate of drug-likeness (QED) is 0.909. The van der Waals surface area contributed by atoms with E-state index in [9.17, 15) is 8.42 Å². The van der Waals surface area contributed by atoms with E-state index in [0.717, 1.165) is 17.7 Å². The first kappa shape index (κ1) is 16.3. The maximum Gasteiger partial charge on any atom is 0.245 e. The van der Waals surface area contributed by atoms with Crippen LogP contribution in [0.1, 0.15) is 11.3 Å². The molecule has 0 saturated carbocycles. The molecule has 0 radical (unpaired) electrons. The molecular formula is C15H18ClN3O3S. The Labute approximate surface area is 140 Å². The highest BCUT2D eigenvalue weighted by Crippen LogP contribution is 2.27. The standard InChI is InChI=1S/C15H18ClN3O3S/c1-10-14(15(16)19(2)18-10)23(20,21)17-8-11-7-12-5-3-4-6-13(12)22-9-11/h3-6,11,17H,7-9H2,1-2H3/t11-/m0/s1. The predicted octanol–water partition coefficient (Wildman–Crippen LogP) is 1.91. The third-order valence-corrected chi connectivity index (χ3v) is 6.01. The molecular weight excluding hydrogens is 338 g/mol. The van der Waals surface area contributed by atoms with Gasteiger partial charge >= 0.3 is 0 Å². The predicted molar refractivity (Wildman–Crippen MR) is 87.3 cm³/mol. The lowest BCUT2D eigenvalue weighted by molar-refractivity contribution is 0.223. The number of hydrogen-bond donors (Lipinski definition) is 1. The summed E-state index contributed by atoms with van der Waals surface area (Å²) in [7, 11) is -2.09. The third kappa shape index (κ3) is 3.22. The molecule has 1 atom stereocenters. The van der Waals surface area contributed by atoms with E-state index < -0.39 is 10.0 Å². The Morgan fingerprint density at radius 1 is 1.43 bits per heavy atom. The summed E-state index contributed by atoms with van der Waals surface area (Å²) in [5.74, 6) is 0.952. The fourth-order valence-corrected chi connectivity index (χ4v) is 4.60. The number of fused-ring (bicyclic) bond motifs is 1. The fourth-order valence-electron chi connectivity index (χ4n) is 2.74. The number of aromatic nitrogens is 2. The molecule has 2 heterocycles. The minimum Gasteiger partial charge on any atom is -0.493 e. The summed E-state index contributed by atoms with van der Waals surface area (Å²) in [6, 6.07) is 7.80. The maximum atomic E-state index is 12.5. The fraction of sp³-hybridized carbons (Fsp3) is 0.400. The highest BCUT2D eigenvalue weighted by atomic mass is 35.5. The topological polar surface area (TPSA) is 73.2 Å². The molecule has 1 N–H and O–H groups in total. The summed E-state index contributed by atoms with van der Waals surface area (Å²) in [4.78, 5) is 0.0406. The molecule has 0 amide bonds. The number of nitrogens with one attached hydrogen (secondary N) is 1. The lowest BCUT2D eigenvalue weighted by atomic mass is 9.97. The maximum absolute atomic E-state index is 12.5. The Bertz CT molecular complexity index is 832. The lowest BCUT2D eigenvalue weighted by Crippen LogP contribution is -2.35. The number of hydrogen-bond acceptors (Lipinski definition) is 4. The molecule has 1 aromatic heterocycles. The number of nitrogens with zero attached hydrogens (tertiary/aromatic N) is 2. The summed E-state index contributed by atoms with van der Waals surface area (Å²) in [5, 5.41) is 4.15. The molecule has 6 nitrogen and oxygen atoms in total. The molecule has 124 valence electrons. The molecule has 23 heavy (non-hydrogen) atoms. The molecule has 1 aromatic carbocycles. The van der Waals surface area contributed by atoms with Crippen molar-refractivity contribution >= 4 is 21.6 Å². The molecule has 0 fully saturated rings. The van der Waals surface area contributed by atoms with Gasteiger partial charge in [-0.1, -0.05) is 29.8 Å². The van der Waals surface area contributed by atoms with E-state index in [0.29, 0.717) is 18.8 Å². The average Bonchev–Trinajstić information content (AvgIpc) is 2.78. The zero-order chi connectivity index (χ0) is 16.6. The lowest BCUT2D eigenvalue weighted by Gasteiger charge is -2.25. The van der Waals surface area contributed by atoms with Gasteiger partial charge in [-0.15, -0.1) is 0 Å². The second-order valence-electron chi connectivity index (χ2n) is 5.67. The van der Waals surface area contributed by atoms with Crippen LogP contribution in [0, 0.1) is 12.8 Å². The Balaban J connectivity index is 1.71. The van der Waals surface area contributed by atoms with Gasteiger partial charge in [0, 0.05) is 19.5 Å². The van der Waals surface area contributed by atoms with Gasteiger partial charge in [0.25, 0.3) is 0 Å². The van der Waals surface area contributed by atoms with E-state index in [-0.39, 0.29) is 16.0 Å². The van der Waals surface area contributed by atoms with Gasteiger partial charge in [-0.3, -0.25) is 4.68 Å². The van der Waals surface area contributed by atoms with Gasteiger partial charge in [0.1, 0.15) is 15.8 Å². The highest BCUT2D eigenvalue weighted by Gasteiger charge is 2.27. The van der Waals surface area contributed by atoms with Crippen LogP contribution in [-0.4, -0.2) is 31.3 Å². The van der Waals surface area contributed by atoms with Crippen LogP contribution in [0.15, 0.2) is 29.2 Å². The molecule has 1 aliphatic rings. The number of halogens is 1. The van der Waals surface area contributed by atoms with Crippen molar-refractivity contribution in [1.82, 2.24) is 14.5 Å². The van der Waals surface area contributed by atoms with Gasteiger partial charge in [0.05, 0.1) is 12.3 Å². The average molecular weight is 356 g/mol. The van der Waals surface area contributed by atoms with E-state index >= 15 is 0 Å². The first-order valence-corrected chi connectivity index (χ1v) is 9.14. The van der Waals surface area contributed by atoms with Gasteiger partial charge < -0.3 is 4.74 Å². The molecule has 0 spiro atoms. The summed E-state index contributed by atoms with van der Waals surface area (Å²) in [5.41, 5.74) is 1.48. The van der Waals surface area contributed by atoms with E-state index in [4.69, 9.17) is 16.3 Å². The number of rotatable bonds is 4. The van der Waals surface area contributed by atoms with Crippen LogP contribution in [0.25, 0.3) is 0 Å². The molecule has 0 aliphatic carbocycles. The van der Waals surface area contributed by atoms with Crippen molar-refractivity contribution in [1.29, 1.82) is 0 Å². The third-order valence-electron chi connectivity index (χ3n) is 3.89. The van der Waals surface area contributed by atoms with Crippen LogP contribution in [0.2, 0.25) is 5.15 Å². The van der Waals surface area contributed by atoms with E-state index in [2.05, 4.69) is 9.82 Å². The summed E-state index contributed by atoms with van der Waals surface area (Å²) < 4.78 is 34.6. The van der Waals surface area contributed by atoms with Crippen molar-refractivity contribution < 1.29 is 13.2 Å². The minimum atomic E-state index is -3.70. The summed E-state index contributed by atoms with van der Waals surface area (Å²) in [6.07, 6.45) is 0.776. The molecule has 0 saturated heterocycles. The van der Waals surface area contributed by atoms with Gasteiger partial charge in [0.15, 0.2) is 0 Å². The van der Waals surface area contributed by atoms with E-state index in [1.807, 2.05) is 24.3 Å². The van der Waals surface area contributed by atoms with Crippen LogP contribution in [0.5, 0.6) is 5.75 Å². The summed E-state index contributed by atoms with van der Waals surface area (Å²) >= 11 is 6.04. The second kappa shape index (κ2) is 6.14. The molecule has 0 bridgehead atoms. The summed E-state index contributed by atoms with van der Waals surface area (Å²) in [6.45, 7) is 2.40. The number of ether oxygens (including phenoxy) is 1. The number of aryl methyl sites for hydroxylation is 2. The van der Waals surface area contributed by atoms with Gasteiger partial charge in [-0.25, -0.2) is 13.1 Å². The van der Waals surface area contributed by atoms with Crippen molar-refractivity contribution in [2.24, 2.45) is 13.0 Å². The van der Waals surface area contributed by atoms with Crippen molar-refractivity contribution in [3.8, 4) is 5.75 Å². The largest absolute Gasteiger partial charge is 0.493 e. The Morgan fingerprint density at radius 3 is 2.87 bits per heavy atom. The zero-order valence-corrected chi connectivity index (χ0v) is 14.5. The smallest absolute Gasteiger partial charge is 0.245 e. The van der Waals surface area contributed by atoms with Crippen molar-refractivity contribution in [3.63, 3.8) is 0 Å². The highest BCUT2D eigenvalue weighted by molar-refractivity contribution is 7.89. The molecule has 2 aromatic rings. The monoisotopic (exact) mass is 355 g/mol. The van der Waals surface area contributed by atoms with Crippen molar-refractivity contribution in [2.75, 3.05) is 13.2 Å². The number of sulfonamides is 1.